The van der Waals surface area contributed by atoms with Crippen molar-refractivity contribution in [3.63, 3.8) is 0 Å². The van der Waals surface area contributed by atoms with Crippen LogP contribution < -0.4 is 10.6 Å². The first kappa shape index (κ1) is 16.0. The van der Waals surface area contributed by atoms with Crippen molar-refractivity contribution in [2.24, 2.45) is 0 Å². The second-order valence-electron chi connectivity index (χ2n) is 4.97. The second kappa shape index (κ2) is 7.60. The molecule has 22 heavy (non-hydrogen) atoms. The molecule has 6 nitrogen and oxygen atoms in total. The molecule has 0 atom stereocenters. The molecule has 0 aliphatic carbocycles. The van der Waals surface area contributed by atoms with Gasteiger partial charge in [-0.05, 0) is 39.2 Å². The maximum Gasteiger partial charge on any atom is 0.249 e. The van der Waals surface area contributed by atoms with Crippen LogP contribution in [0.25, 0.3) is 0 Å². The van der Waals surface area contributed by atoms with Crippen molar-refractivity contribution in [3.05, 3.63) is 36.0 Å². The van der Waals surface area contributed by atoms with E-state index in [0.29, 0.717) is 12.4 Å². The summed E-state index contributed by atoms with van der Waals surface area (Å²) in [6.07, 6.45) is 2.39. The summed E-state index contributed by atoms with van der Waals surface area (Å²) in [6.45, 7) is 1.65. The minimum absolute atomic E-state index is 0.0293. The summed E-state index contributed by atoms with van der Waals surface area (Å²) in [6, 6.07) is 3.60. The molecule has 0 fully saturated rings. The lowest BCUT2D eigenvalue weighted by Gasteiger charge is -2.11. The monoisotopic (exact) mass is 308 g/mol. The number of para-hydroxylation sites is 1. The second-order valence-corrected chi connectivity index (χ2v) is 4.97. The van der Waals surface area contributed by atoms with Gasteiger partial charge in [-0.25, -0.2) is 8.78 Å². The van der Waals surface area contributed by atoms with Crippen LogP contribution in [0.5, 0.6) is 0 Å². The van der Waals surface area contributed by atoms with E-state index in [0.717, 1.165) is 25.1 Å². The van der Waals surface area contributed by atoms with Crippen molar-refractivity contribution in [2.45, 2.75) is 6.42 Å². The van der Waals surface area contributed by atoms with Crippen LogP contribution in [0, 0.1) is 11.6 Å². The number of hydrogen-bond acceptors (Lipinski definition) is 6. The van der Waals surface area contributed by atoms with Gasteiger partial charge in [0.15, 0.2) is 5.82 Å². The molecule has 0 amide bonds. The highest BCUT2D eigenvalue weighted by molar-refractivity contribution is 5.55. The summed E-state index contributed by atoms with van der Waals surface area (Å²) >= 11 is 0. The van der Waals surface area contributed by atoms with Crippen LogP contribution in [0.4, 0.5) is 26.2 Å². The molecule has 0 aliphatic rings. The smallest absolute Gasteiger partial charge is 0.249 e. The Morgan fingerprint density at radius 3 is 2.59 bits per heavy atom. The average Bonchev–Trinajstić information content (AvgIpc) is 2.48. The summed E-state index contributed by atoms with van der Waals surface area (Å²) in [7, 11) is 3.99. The first-order valence-electron chi connectivity index (χ1n) is 6.85. The van der Waals surface area contributed by atoms with E-state index in [2.05, 4.69) is 30.7 Å². The average molecular weight is 308 g/mol. The highest BCUT2D eigenvalue weighted by atomic mass is 19.1. The molecule has 0 saturated heterocycles. The van der Waals surface area contributed by atoms with Crippen molar-refractivity contribution < 1.29 is 8.78 Å². The Kier molecular flexibility index (Phi) is 5.54. The molecule has 2 N–H and O–H groups in total. The molecule has 2 rings (SSSR count). The standard InChI is InChI=1S/C14H18F2N6/c1-22(2)8-4-7-17-12-9-18-21-14(19-12)20-13-10(15)5-3-6-11(13)16/h3,5-6,9H,4,7-8H2,1-2H3,(H2,17,19,20,21). The first-order valence-corrected chi connectivity index (χ1v) is 6.85. The molecular weight excluding hydrogens is 290 g/mol. The lowest BCUT2D eigenvalue weighted by molar-refractivity contribution is 0.405. The van der Waals surface area contributed by atoms with Gasteiger partial charge in [-0.3, -0.25) is 0 Å². The Labute approximate surface area is 127 Å². The van der Waals surface area contributed by atoms with E-state index in [-0.39, 0.29) is 11.6 Å². The van der Waals surface area contributed by atoms with E-state index in [1.807, 2.05) is 14.1 Å². The minimum atomic E-state index is -0.715. The maximum atomic E-state index is 13.6. The molecule has 1 aromatic carbocycles. The summed E-state index contributed by atoms with van der Waals surface area (Å²) < 4.78 is 27.1. The molecule has 1 aromatic heterocycles. The zero-order chi connectivity index (χ0) is 15.9. The van der Waals surface area contributed by atoms with Gasteiger partial charge >= 0.3 is 0 Å². The van der Waals surface area contributed by atoms with E-state index in [1.54, 1.807) is 0 Å². The number of anilines is 3. The van der Waals surface area contributed by atoms with Gasteiger partial charge in [0.2, 0.25) is 5.95 Å². The van der Waals surface area contributed by atoms with Gasteiger partial charge in [0.25, 0.3) is 0 Å². The molecule has 0 saturated carbocycles. The Morgan fingerprint density at radius 2 is 1.91 bits per heavy atom. The summed E-state index contributed by atoms with van der Waals surface area (Å²) in [5.74, 6) is -0.907. The summed E-state index contributed by atoms with van der Waals surface area (Å²) in [4.78, 5) is 6.20. The van der Waals surface area contributed by atoms with Crippen LogP contribution in [0.3, 0.4) is 0 Å². The predicted octanol–water partition coefficient (Wildman–Crippen LogP) is 2.26. The molecule has 0 unspecified atom stereocenters. The zero-order valence-corrected chi connectivity index (χ0v) is 12.5. The van der Waals surface area contributed by atoms with Crippen LogP contribution in [0.15, 0.2) is 24.4 Å². The van der Waals surface area contributed by atoms with Gasteiger partial charge in [0, 0.05) is 6.54 Å². The maximum absolute atomic E-state index is 13.6. The number of aromatic nitrogens is 3. The molecule has 1 heterocycles. The van der Waals surface area contributed by atoms with Crippen molar-refractivity contribution in [1.82, 2.24) is 20.1 Å². The molecule has 0 radical (unpaired) electrons. The lowest BCUT2D eigenvalue weighted by Crippen LogP contribution is -2.17. The number of benzene rings is 1. The van der Waals surface area contributed by atoms with E-state index < -0.39 is 11.6 Å². The SMILES string of the molecule is CN(C)CCCNc1cnnc(Nc2c(F)cccc2F)n1. The van der Waals surface area contributed by atoms with Gasteiger partial charge in [-0.15, -0.1) is 5.10 Å². The van der Waals surface area contributed by atoms with Gasteiger partial charge < -0.3 is 15.5 Å². The van der Waals surface area contributed by atoms with Crippen LogP contribution >= 0.6 is 0 Å². The van der Waals surface area contributed by atoms with E-state index >= 15 is 0 Å². The van der Waals surface area contributed by atoms with Gasteiger partial charge in [0.05, 0.1) is 6.20 Å². The third-order valence-corrected chi connectivity index (χ3v) is 2.85. The Morgan fingerprint density at radius 1 is 1.18 bits per heavy atom. The number of nitrogens with zero attached hydrogens (tertiary/aromatic N) is 4. The largest absolute Gasteiger partial charge is 0.369 e. The number of rotatable bonds is 7. The third-order valence-electron chi connectivity index (χ3n) is 2.85. The van der Waals surface area contributed by atoms with E-state index in [1.165, 1.54) is 12.3 Å². The fourth-order valence-electron chi connectivity index (χ4n) is 1.78. The van der Waals surface area contributed by atoms with Crippen LogP contribution in [-0.4, -0.2) is 47.3 Å². The first-order chi connectivity index (χ1) is 10.6. The van der Waals surface area contributed by atoms with Crippen molar-refractivity contribution in [3.8, 4) is 0 Å². The summed E-state index contributed by atoms with van der Waals surface area (Å²) in [5.41, 5.74) is -0.297. The number of nitrogens with one attached hydrogen (secondary N) is 2. The fraction of sp³-hybridized carbons (Fsp3) is 0.357. The zero-order valence-electron chi connectivity index (χ0n) is 12.5. The molecule has 0 aliphatic heterocycles. The molecule has 2 aromatic rings. The lowest BCUT2D eigenvalue weighted by atomic mass is 10.3. The quantitative estimate of drug-likeness (QED) is 0.765. The molecule has 0 bridgehead atoms. The van der Waals surface area contributed by atoms with Crippen LogP contribution in [0.1, 0.15) is 6.42 Å². The highest BCUT2D eigenvalue weighted by Crippen LogP contribution is 2.21. The number of halogens is 2. The van der Waals surface area contributed by atoms with Gasteiger partial charge in [0.1, 0.15) is 17.3 Å². The molecule has 0 spiro atoms. The fourth-order valence-corrected chi connectivity index (χ4v) is 1.78. The van der Waals surface area contributed by atoms with Gasteiger partial charge in [-0.2, -0.15) is 10.1 Å². The van der Waals surface area contributed by atoms with Crippen molar-refractivity contribution >= 4 is 17.5 Å². The normalized spacial score (nSPS) is 10.8. The Hall–Kier alpha value is -2.35. The topological polar surface area (TPSA) is 66.0 Å². The highest BCUT2D eigenvalue weighted by Gasteiger charge is 2.10. The third kappa shape index (κ3) is 4.59. The summed E-state index contributed by atoms with van der Waals surface area (Å²) in [5, 5.41) is 13.1. The van der Waals surface area contributed by atoms with Crippen LogP contribution in [-0.2, 0) is 0 Å². The molecule has 8 heteroatoms. The van der Waals surface area contributed by atoms with Gasteiger partial charge in [-0.1, -0.05) is 6.07 Å². The van der Waals surface area contributed by atoms with Crippen LogP contribution in [0.2, 0.25) is 0 Å². The Bertz CT molecular complexity index is 600. The van der Waals surface area contributed by atoms with Crippen molar-refractivity contribution in [2.75, 3.05) is 37.8 Å². The van der Waals surface area contributed by atoms with Crippen molar-refractivity contribution in [1.29, 1.82) is 0 Å². The van der Waals surface area contributed by atoms with E-state index in [9.17, 15) is 8.78 Å². The molecule has 118 valence electrons. The van der Waals surface area contributed by atoms with E-state index in [4.69, 9.17) is 0 Å². The molecular formula is C14H18F2N6. The Balaban J connectivity index is 1.99. The minimum Gasteiger partial charge on any atom is -0.369 e. The number of hydrogen-bond donors (Lipinski definition) is 2. The predicted molar refractivity (Wildman–Crippen MR) is 81.1 cm³/mol.